The molecule has 0 spiro atoms. The number of nitrogens with zero attached hydrogens (tertiary/aromatic N) is 4. The molecular weight excluding hydrogens is 905 g/mol. The van der Waals surface area contributed by atoms with E-state index >= 15 is 0 Å². The lowest BCUT2D eigenvalue weighted by Crippen LogP contribution is -2.17. The van der Waals surface area contributed by atoms with Crippen molar-refractivity contribution >= 4 is 82.1 Å². The largest absolute Gasteiger partial charge is 0.507 e. The molecule has 1 N–H and O–H groups in total. The zero-order valence-electron chi connectivity index (χ0n) is 43.9. The Balaban J connectivity index is 1.15. The van der Waals surface area contributed by atoms with Gasteiger partial charge in [-0.05, 0) is 116 Å². The maximum Gasteiger partial charge on any atom is 0.149 e. The summed E-state index contributed by atoms with van der Waals surface area (Å²) in [6, 6.07) is 58.8. The lowest BCUT2D eigenvalue weighted by atomic mass is 9.78. The lowest BCUT2D eigenvalue weighted by molar-refractivity contribution is 0.446. The molecule has 0 saturated heterocycles. The van der Waals surface area contributed by atoms with Crippen LogP contribution in [0.3, 0.4) is 0 Å². The van der Waals surface area contributed by atoms with Gasteiger partial charge in [-0.1, -0.05) is 178 Å². The molecule has 0 aliphatic rings. The molecule has 9 aromatic carbocycles. The summed E-state index contributed by atoms with van der Waals surface area (Å²) >= 11 is 0. The quantitative estimate of drug-likeness (QED) is 0.169. The second kappa shape index (κ2) is 16.4. The van der Waals surface area contributed by atoms with Crippen LogP contribution in [0.1, 0.15) is 103 Å². The van der Waals surface area contributed by atoms with Crippen molar-refractivity contribution in [2.24, 2.45) is 0 Å². The Morgan fingerprint density at radius 1 is 0.486 bits per heavy atom. The van der Waals surface area contributed by atoms with E-state index in [0.717, 1.165) is 105 Å². The van der Waals surface area contributed by atoms with Crippen LogP contribution in [0, 0.1) is 0 Å². The first-order valence-electron chi connectivity index (χ1n) is 26.2. The van der Waals surface area contributed by atoms with Crippen molar-refractivity contribution in [1.82, 2.24) is 18.9 Å². The van der Waals surface area contributed by atoms with Crippen molar-refractivity contribution in [3.05, 3.63) is 186 Å². The van der Waals surface area contributed by atoms with Crippen LogP contribution in [-0.4, -0.2) is 24.0 Å². The highest BCUT2D eigenvalue weighted by atomic mass is 16.3. The second-order valence-electron chi connectivity index (χ2n) is 23.1. The first-order chi connectivity index (χ1) is 35.6. The first kappa shape index (κ1) is 45.6. The first-order valence-corrected chi connectivity index (χ1v) is 26.2. The molecule has 4 aromatic heterocycles. The summed E-state index contributed by atoms with van der Waals surface area (Å²) in [6.07, 6.45) is 0. The van der Waals surface area contributed by atoms with Gasteiger partial charge in [0.25, 0.3) is 0 Å². The molecule has 6 nitrogen and oxygen atoms in total. The summed E-state index contributed by atoms with van der Waals surface area (Å²) in [5.41, 5.74) is 17.5. The summed E-state index contributed by atoms with van der Waals surface area (Å²) in [5.74, 6) is 1.29. The van der Waals surface area contributed by atoms with Crippen LogP contribution in [0.25, 0.3) is 121 Å². The van der Waals surface area contributed by atoms with Crippen molar-refractivity contribution in [2.75, 3.05) is 0 Å². The highest BCUT2D eigenvalue weighted by Gasteiger charge is 2.31. The number of pyridine rings is 1. The van der Waals surface area contributed by atoms with E-state index in [0.29, 0.717) is 5.82 Å². The number of phenolic OH excluding ortho intramolecular Hbond substituents is 1. The summed E-state index contributed by atoms with van der Waals surface area (Å²) in [5, 5.41) is 20.7. The zero-order valence-corrected chi connectivity index (χ0v) is 43.9. The monoisotopic (exact) mass is 964 g/mol. The number of benzene rings is 9. The smallest absolute Gasteiger partial charge is 0.149 e. The summed E-state index contributed by atoms with van der Waals surface area (Å²) < 4.78 is 11.4. The topological polar surface area (TPSA) is 68.5 Å². The number of rotatable bonds is 6. The summed E-state index contributed by atoms with van der Waals surface area (Å²) in [6.45, 7) is 22.4. The molecule has 13 aromatic rings. The number of furan rings is 1. The molecule has 6 heteroatoms. The fourth-order valence-corrected chi connectivity index (χ4v) is 11.9. The van der Waals surface area contributed by atoms with Crippen molar-refractivity contribution < 1.29 is 9.52 Å². The van der Waals surface area contributed by atoms with E-state index in [4.69, 9.17) is 14.4 Å². The number of para-hydroxylation sites is 3. The Hall–Kier alpha value is -8.22. The number of imidazole rings is 2. The average Bonchev–Trinajstić information content (AvgIpc) is 4.10. The molecule has 364 valence electrons. The van der Waals surface area contributed by atoms with Crippen molar-refractivity contribution in [1.29, 1.82) is 0 Å². The fraction of sp³-hybridized carbons (Fsp3) is 0.206. The van der Waals surface area contributed by atoms with Gasteiger partial charge in [-0.15, -0.1) is 0 Å². The van der Waals surface area contributed by atoms with Crippen LogP contribution in [0.15, 0.2) is 168 Å². The maximum absolute atomic E-state index is 12.8. The Kier molecular flexibility index (Phi) is 10.1. The van der Waals surface area contributed by atoms with Gasteiger partial charge >= 0.3 is 0 Å². The number of hydrogen-bond acceptors (Lipinski definition) is 4. The van der Waals surface area contributed by atoms with Gasteiger partial charge in [-0.2, -0.15) is 0 Å². The van der Waals surface area contributed by atoms with Gasteiger partial charge < -0.3 is 9.52 Å². The van der Waals surface area contributed by atoms with E-state index in [1.165, 1.54) is 33.0 Å². The molecule has 13 rings (SSSR count). The zero-order chi connectivity index (χ0) is 51.1. The van der Waals surface area contributed by atoms with Crippen molar-refractivity contribution in [3.8, 4) is 45.1 Å². The van der Waals surface area contributed by atoms with Crippen molar-refractivity contribution in [2.45, 2.75) is 91.9 Å². The summed E-state index contributed by atoms with van der Waals surface area (Å²) in [4.78, 5) is 11.5. The van der Waals surface area contributed by atoms with E-state index in [1.54, 1.807) is 0 Å². The van der Waals surface area contributed by atoms with Gasteiger partial charge in [0.05, 0.1) is 38.8 Å². The third-order valence-corrected chi connectivity index (χ3v) is 15.6. The van der Waals surface area contributed by atoms with Crippen LogP contribution in [0.2, 0.25) is 0 Å². The molecule has 0 unspecified atom stereocenters. The van der Waals surface area contributed by atoms with Crippen LogP contribution in [0.5, 0.6) is 5.75 Å². The third-order valence-electron chi connectivity index (χ3n) is 15.6. The lowest BCUT2D eigenvalue weighted by Gasteiger charge is -2.28. The molecular formula is C68H60N4O2. The van der Waals surface area contributed by atoms with Gasteiger partial charge in [-0.3, -0.25) is 8.97 Å². The van der Waals surface area contributed by atoms with Crippen LogP contribution in [-0.2, 0) is 10.8 Å². The predicted molar refractivity (Wildman–Crippen MR) is 311 cm³/mol. The van der Waals surface area contributed by atoms with Gasteiger partial charge in [0.15, 0.2) is 0 Å². The Bertz CT molecular complexity index is 4430. The Morgan fingerprint density at radius 2 is 1.09 bits per heavy atom. The highest BCUT2D eigenvalue weighted by Crippen LogP contribution is 2.49. The maximum atomic E-state index is 12.8. The Labute approximate surface area is 431 Å². The minimum atomic E-state index is -0.344. The van der Waals surface area contributed by atoms with Gasteiger partial charge in [0, 0.05) is 43.6 Å². The van der Waals surface area contributed by atoms with E-state index in [9.17, 15) is 5.11 Å². The van der Waals surface area contributed by atoms with Crippen molar-refractivity contribution in [3.63, 3.8) is 0 Å². The minimum Gasteiger partial charge on any atom is -0.507 e. The number of phenols is 1. The predicted octanol–water partition coefficient (Wildman–Crippen LogP) is 18.7. The molecule has 0 fully saturated rings. The van der Waals surface area contributed by atoms with E-state index < -0.39 is 0 Å². The molecule has 0 amide bonds. The molecule has 0 aliphatic heterocycles. The molecule has 0 radical (unpaired) electrons. The molecule has 0 aliphatic carbocycles. The average molecular weight is 965 g/mol. The van der Waals surface area contributed by atoms with Crippen LogP contribution in [0.4, 0.5) is 0 Å². The number of fused-ring (bicyclic) bond motifs is 15. The summed E-state index contributed by atoms with van der Waals surface area (Å²) in [7, 11) is 0. The van der Waals surface area contributed by atoms with Crippen LogP contribution >= 0.6 is 0 Å². The minimum absolute atomic E-state index is 0.163. The number of hydrogen-bond donors (Lipinski definition) is 1. The number of aromatic hydroxyl groups is 1. The van der Waals surface area contributed by atoms with E-state index in [1.807, 2.05) is 0 Å². The normalized spacial score (nSPS) is 12.8. The van der Waals surface area contributed by atoms with Gasteiger partial charge in [0.1, 0.15) is 28.4 Å². The fourth-order valence-electron chi connectivity index (χ4n) is 11.9. The van der Waals surface area contributed by atoms with Crippen LogP contribution < -0.4 is 0 Å². The highest BCUT2D eigenvalue weighted by molar-refractivity contribution is 6.33. The van der Waals surface area contributed by atoms with Gasteiger partial charge in [-0.25, -0.2) is 9.97 Å². The van der Waals surface area contributed by atoms with E-state index in [-0.39, 0.29) is 28.4 Å². The SMILES string of the molecule is CC(C)c1cc(-c2ccccc2)cc(C(C)C)c1-n1c(-c2cc(C(C)(C)C)cc(C(C)(C)C)c2O)nc2c(-c3cccc4c3nc3c5ccc6oc7ccc8ccccc8c7c6c5c5ccccc5n43)cccc21. The standard InChI is InChI=1S/C68H60N4O2/c1-38(2)49-34-42(40-20-12-11-13-21-40)35-50(39(3)4)63(49)72-55-29-19-26-46(62(55)70-66(72)51-36-43(67(5,6)7)37-52(64(51)73)68(8,9)10)45-25-18-28-54-61(45)69-65-48-31-33-57-60(58(48)47-24-16-17-27-53(47)71(54)65)59-44-23-15-14-22-41(44)30-32-56(59)74-57/h11-39,73H,1-10H3. The molecule has 0 bridgehead atoms. The van der Waals surface area contributed by atoms with Gasteiger partial charge in [0.2, 0.25) is 0 Å². The Morgan fingerprint density at radius 3 is 1.78 bits per heavy atom. The second-order valence-corrected chi connectivity index (χ2v) is 23.1. The molecule has 4 heterocycles. The molecule has 0 atom stereocenters. The third kappa shape index (κ3) is 6.83. The number of aromatic nitrogens is 4. The van der Waals surface area contributed by atoms with E-state index in [2.05, 4.69) is 242 Å². The molecule has 74 heavy (non-hydrogen) atoms. The molecule has 0 saturated carbocycles.